The van der Waals surface area contributed by atoms with E-state index in [0.717, 1.165) is 16.2 Å². The molecule has 0 N–H and O–H groups in total. The molecule has 0 amide bonds. The van der Waals surface area contributed by atoms with E-state index in [1.807, 2.05) is 26.0 Å². The van der Waals surface area contributed by atoms with Crippen molar-refractivity contribution in [3.63, 3.8) is 0 Å². The second-order valence-corrected chi connectivity index (χ2v) is 5.52. The van der Waals surface area contributed by atoms with Crippen molar-refractivity contribution in [1.82, 2.24) is 0 Å². The van der Waals surface area contributed by atoms with Crippen LogP contribution in [0.5, 0.6) is 11.5 Å². The van der Waals surface area contributed by atoms with E-state index in [2.05, 4.69) is 6.07 Å². The van der Waals surface area contributed by atoms with Crippen LogP contribution in [0.1, 0.15) is 18.1 Å². The van der Waals surface area contributed by atoms with Crippen LogP contribution in [0.4, 0.5) is 4.39 Å². The minimum atomic E-state index is -0.437. The third-order valence-electron chi connectivity index (χ3n) is 2.71. The number of benzene rings is 2. The molecule has 0 atom stereocenters. The van der Waals surface area contributed by atoms with Crippen molar-refractivity contribution in [2.75, 3.05) is 5.75 Å². The number of halogens is 1. The first-order valence-electron chi connectivity index (χ1n) is 6.25. The highest BCUT2D eigenvalue weighted by atomic mass is 32.2. The summed E-state index contributed by atoms with van der Waals surface area (Å²) in [5.41, 5.74) is 1.35. The molecule has 0 saturated heterocycles. The maximum atomic E-state index is 13.7. The Labute approximate surface area is 122 Å². The van der Waals surface area contributed by atoms with Crippen LogP contribution < -0.4 is 4.74 Å². The lowest BCUT2D eigenvalue weighted by Crippen LogP contribution is -1.93. The van der Waals surface area contributed by atoms with Gasteiger partial charge in [0.05, 0.1) is 0 Å². The fourth-order valence-electron chi connectivity index (χ4n) is 1.79. The summed E-state index contributed by atoms with van der Waals surface area (Å²) < 4.78 is 19.3. The maximum Gasteiger partial charge on any atom is 0.165 e. The zero-order valence-corrected chi connectivity index (χ0v) is 12.1. The summed E-state index contributed by atoms with van der Waals surface area (Å²) in [4.78, 5) is 0.848. The van der Waals surface area contributed by atoms with E-state index in [9.17, 15) is 9.65 Å². The lowest BCUT2D eigenvalue weighted by atomic mass is 10.2. The zero-order chi connectivity index (χ0) is 14.5. The fourth-order valence-corrected chi connectivity index (χ4v) is 2.57. The van der Waals surface area contributed by atoms with Gasteiger partial charge >= 0.3 is 0 Å². The number of nitrogens with zero attached hydrogens (tertiary/aromatic N) is 1. The van der Waals surface area contributed by atoms with Gasteiger partial charge < -0.3 is 4.74 Å². The van der Waals surface area contributed by atoms with Crippen LogP contribution >= 0.6 is 11.8 Å². The summed E-state index contributed by atoms with van der Waals surface area (Å²) >= 11 is 1.56. The smallest absolute Gasteiger partial charge is 0.165 e. The van der Waals surface area contributed by atoms with Crippen molar-refractivity contribution in [2.24, 2.45) is 0 Å². The molecular weight excluding hydrogens is 273 g/mol. The van der Waals surface area contributed by atoms with Crippen LogP contribution in [-0.2, 0) is 0 Å². The van der Waals surface area contributed by atoms with Gasteiger partial charge in [0.2, 0.25) is 0 Å². The summed E-state index contributed by atoms with van der Waals surface area (Å²) in [5, 5.41) is 9.29. The largest absolute Gasteiger partial charge is 0.453 e. The summed E-state index contributed by atoms with van der Waals surface area (Å²) in [6.45, 7) is 3.88. The first-order chi connectivity index (χ1) is 9.65. The molecule has 2 rings (SSSR count). The number of nitriles is 1. The van der Waals surface area contributed by atoms with E-state index >= 15 is 0 Å². The second-order valence-electron chi connectivity index (χ2n) is 4.21. The third kappa shape index (κ3) is 3.12. The van der Waals surface area contributed by atoms with Crippen molar-refractivity contribution < 1.29 is 9.13 Å². The van der Waals surface area contributed by atoms with Crippen molar-refractivity contribution in [3.8, 4) is 17.6 Å². The SMILES string of the molecule is CCSc1cccc(Oc2cc(C)ccc2F)c1C#N. The van der Waals surface area contributed by atoms with Crippen LogP contribution in [-0.4, -0.2) is 5.75 Å². The molecule has 2 aromatic rings. The molecule has 2 nitrogen and oxygen atoms in total. The van der Waals surface area contributed by atoms with Gasteiger partial charge in [-0.15, -0.1) is 11.8 Å². The predicted molar refractivity (Wildman–Crippen MR) is 78.8 cm³/mol. The highest BCUT2D eigenvalue weighted by Gasteiger charge is 2.12. The van der Waals surface area contributed by atoms with Gasteiger partial charge in [-0.25, -0.2) is 4.39 Å². The van der Waals surface area contributed by atoms with Crippen molar-refractivity contribution >= 4 is 11.8 Å². The van der Waals surface area contributed by atoms with E-state index in [0.29, 0.717) is 11.3 Å². The lowest BCUT2D eigenvalue weighted by molar-refractivity contribution is 0.439. The Bertz CT molecular complexity index is 664. The Morgan fingerprint density at radius 2 is 2.05 bits per heavy atom. The topological polar surface area (TPSA) is 33.0 Å². The molecule has 102 valence electrons. The second kappa shape index (κ2) is 6.44. The van der Waals surface area contributed by atoms with Gasteiger partial charge in [0.15, 0.2) is 11.6 Å². The predicted octanol–water partition coefficient (Wildman–Crippen LogP) is 4.91. The Morgan fingerprint density at radius 3 is 2.75 bits per heavy atom. The number of hydrogen-bond donors (Lipinski definition) is 0. The molecule has 0 heterocycles. The third-order valence-corrected chi connectivity index (χ3v) is 3.65. The average molecular weight is 287 g/mol. The summed E-state index contributed by atoms with van der Waals surface area (Å²) in [6, 6.07) is 12.2. The van der Waals surface area contributed by atoms with Gasteiger partial charge in [-0.3, -0.25) is 0 Å². The summed E-state index contributed by atoms with van der Waals surface area (Å²) in [7, 11) is 0. The maximum absolute atomic E-state index is 13.7. The number of hydrogen-bond acceptors (Lipinski definition) is 3. The van der Waals surface area contributed by atoms with Gasteiger partial charge in [-0.1, -0.05) is 19.1 Å². The van der Waals surface area contributed by atoms with Gasteiger partial charge in [0, 0.05) is 4.90 Å². The minimum Gasteiger partial charge on any atom is -0.453 e. The quantitative estimate of drug-likeness (QED) is 0.749. The number of aryl methyl sites for hydroxylation is 1. The standard InChI is InChI=1S/C16H14FNOS/c1-3-20-16-6-4-5-14(12(16)10-18)19-15-9-11(2)7-8-13(15)17/h4-9H,3H2,1-2H3. The summed E-state index contributed by atoms with van der Waals surface area (Å²) in [5.74, 6) is 0.945. The van der Waals surface area contributed by atoms with Gasteiger partial charge in [-0.2, -0.15) is 5.26 Å². The van der Waals surface area contributed by atoms with Gasteiger partial charge in [0.1, 0.15) is 17.4 Å². The number of thioether (sulfide) groups is 1. The number of ether oxygens (including phenoxy) is 1. The Balaban J connectivity index is 2.41. The molecule has 0 saturated carbocycles. The Hall–Kier alpha value is -1.99. The summed E-state index contributed by atoms with van der Waals surface area (Å²) in [6.07, 6.45) is 0. The lowest BCUT2D eigenvalue weighted by Gasteiger charge is -2.11. The van der Waals surface area contributed by atoms with Crippen LogP contribution in [0.15, 0.2) is 41.3 Å². The number of rotatable bonds is 4. The van der Waals surface area contributed by atoms with Gasteiger partial charge in [0.25, 0.3) is 0 Å². The Morgan fingerprint density at radius 1 is 1.25 bits per heavy atom. The zero-order valence-electron chi connectivity index (χ0n) is 11.3. The Kier molecular flexibility index (Phi) is 4.65. The van der Waals surface area contributed by atoms with Crippen LogP contribution in [0.2, 0.25) is 0 Å². The molecular formula is C16H14FNOS. The van der Waals surface area contributed by atoms with Crippen molar-refractivity contribution in [3.05, 3.63) is 53.3 Å². The van der Waals surface area contributed by atoms with Crippen LogP contribution in [0, 0.1) is 24.1 Å². The average Bonchev–Trinajstić information content (AvgIpc) is 2.43. The minimum absolute atomic E-state index is 0.139. The van der Waals surface area contributed by atoms with E-state index in [-0.39, 0.29) is 5.75 Å². The monoisotopic (exact) mass is 287 g/mol. The molecule has 0 bridgehead atoms. The molecule has 0 radical (unpaired) electrons. The van der Waals surface area contributed by atoms with Crippen LogP contribution in [0.25, 0.3) is 0 Å². The molecule has 2 aromatic carbocycles. The fraction of sp³-hybridized carbons (Fsp3) is 0.188. The molecule has 4 heteroatoms. The van der Waals surface area contributed by atoms with E-state index in [4.69, 9.17) is 4.74 Å². The van der Waals surface area contributed by atoms with E-state index in [1.165, 1.54) is 6.07 Å². The van der Waals surface area contributed by atoms with Crippen molar-refractivity contribution in [2.45, 2.75) is 18.7 Å². The molecule has 0 spiro atoms. The van der Waals surface area contributed by atoms with E-state index < -0.39 is 5.82 Å². The molecule has 0 aliphatic rings. The molecule has 0 fully saturated rings. The molecule has 0 aromatic heterocycles. The van der Waals surface area contributed by atoms with Crippen LogP contribution in [0.3, 0.4) is 0 Å². The highest BCUT2D eigenvalue weighted by molar-refractivity contribution is 7.99. The van der Waals surface area contributed by atoms with E-state index in [1.54, 1.807) is 30.0 Å². The molecule has 0 aliphatic carbocycles. The van der Waals surface area contributed by atoms with Crippen molar-refractivity contribution in [1.29, 1.82) is 5.26 Å². The first-order valence-corrected chi connectivity index (χ1v) is 7.24. The first kappa shape index (κ1) is 14.4. The molecule has 0 aliphatic heterocycles. The normalized spacial score (nSPS) is 10.1. The molecule has 20 heavy (non-hydrogen) atoms. The van der Waals surface area contributed by atoms with Gasteiger partial charge in [-0.05, 0) is 42.5 Å². The molecule has 0 unspecified atom stereocenters. The highest BCUT2D eigenvalue weighted by Crippen LogP contribution is 2.33.